The van der Waals surface area contributed by atoms with Crippen LogP contribution in [0.1, 0.15) is 10.4 Å². The van der Waals surface area contributed by atoms with Gasteiger partial charge in [0.25, 0.3) is 15.9 Å². The van der Waals surface area contributed by atoms with E-state index in [1.165, 1.54) is 48.5 Å². The second kappa shape index (κ2) is 8.96. The van der Waals surface area contributed by atoms with Crippen LogP contribution in [-0.4, -0.2) is 29.0 Å². The Labute approximate surface area is 185 Å². The number of benzene rings is 3. The summed E-state index contributed by atoms with van der Waals surface area (Å²) in [7, 11) is -7.51. The van der Waals surface area contributed by atoms with Gasteiger partial charge in [0.05, 0.1) is 22.4 Å². The highest BCUT2D eigenvalue weighted by Gasteiger charge is 2.17. The Morgan fingerprint density at radius 3 is 2.16 bits per heavy atom. The molecule has 0 aromatic heterocycles. The molecule has 3 aromatic carbocycles. The molecule has 0 unspecified atom stereocenters. The van der Waals surface area contributed by atoms with Gasteiger partial charge in [-0.1, -0.05) is 29.8 Å². The maximum Gasteiger partial charge on any atom is 0.261 e. The standard InChI is InChI=1S/C20H18ClN3O5S2/c1-30(26,27)24-19-8-3-2-7-18(19)20(25)22-16-5-4-6-17(13-16)31(28,29)23-15-11-9-14(21)10-12-15/h2-13,23-24H,1H3,(H,22,25). The lowest BCUT2D eigenvalue weighted by atomic mass is 10.1. The number of hydrogen-bond donors (Lipinski definition) is 3. The molecule has 0 fully saturated rings. The van der Waals surface area contributed by atoms with Gasteiger partial charge in [-0.05, 0) is 54.6 Å². The largest absolute Gasteiger partial charge is 0.322 e. The molecular weight excluding hydrogens is 462 g/mol. The number of rotatable bonds is 7. The van der Waals surface area contributed by atoms with E-state index in [2.05, 4.69) is 14.8 Å². The summed E-state index contributed by atoms with van der Waals surface area (Å²) in [6, 6.07) is 17.9. The van der Waals surface area contributed by atoms with Crippen LogP contribution in [0.15, 0.2) is 77.7 Å². The minimum atomic E-state index is -3.92. The number of para-hydroxylation sites is 1. The summed E-state index contributed by atoms with van der Waals surface area (Å²) in [5.74, 6) is -0.605. The summed E-state index contributed by atoms with van der Waals surface area (Å²) < 4.78 is 53.1. The highest BCUT2D eigenvalue weighted by molar-refractivity contribution is 7.92. The molecule has 0 aliphatic rings. The zero-order valence-electron chi connectivity index (χ0n) is 16.2. The van der Waals surface area contributed by atoms with Crippen LogP contribution in [0.4, 0.5) is 17.1 Å². The van der Waals surface area contributed by atoms with Gasteiger partial charge < -0.3 is 5.32 Å². The van der Waals surface area contributed by atoms with Crippen LogP contribution in [0.3, 0.4) is 0 Å². The van der Waals surface area contributed by atoms with Crippen molar-refractivity contribution in [3.05, 3.63) is 83.4 Å². The van der Waals surface area contributed by atoms with E-state index in [1.54, 1.807) is 24.3 Å². The molecule has 8 nitrogen and oxygen atoms in total. The molecule has 0 heterocycles. The highest BCUT2D eigenvalue weighted by Crippen LogP contribution is 2.22. The highest BCUT2D eigenvalue weighted by atomic mass is 35.5. The van der Waals surface area contributed by atoms with Crippen LogP contribution >= 0.6 is 11.6 Å². The fourth-order valence-electron chi connectivity index (χ4n) is 2.64. The molecule has 3 N–H and O–H groups in total. The van der Waals surface area contributed by atoms with Gasteiger partial charge in [-0.15, -0.1) is 0 Å². The Bertz CT molecular complexity index is 1320. The first-order chi connectivity index (χ1) is 14.5. The summed E-state index contributed by atoms with van der Waals surface area (Å²) in [6.45, 7) is 0. The van der Waals surface area contributed by atoms with Crippen LogP contribution in [0.5, 0.6) is 0 Å². The molecule has 0 atom stereocenters. The number of carbonyl (C=O) groups excluding carboxylic acids is 1. The summed E-state index contributed by atoms with van der Waals surface area (Å²) in [5, 5.41) is 3.06. The smallest absolute Gasteiger partial charge is 0.261 e. The number of nitrogens with one attached hydrogen (secondary N) is 3. The average Bonchev–Trinajstić information content (AvgIpc) is 2.69. The zero-order valence-corrected chi connectivity index (χ0v) is 18.6. The van der Waals surface area contributed by atoms with Gasteiger partial charge in [-0.25, -0.2) is 16.8 Å². The van der Waals surface area contributed by atoms with Gasteiger partial charge in [-0.2, -0.15) is 0 Å². The minimum Gasteiger partial charge on any atom is -0.322 e. The number of halogens is 1. The first kappa shape index (κ1) is 22.6. The Balaban J connectivity index is 1.82. The van der Waals surface area contributed by atoms with E-state index >= 15 is 0 Å². The summed E-state index contributed by atoms with van der Waals surface area (Å²) >= 11 is 5.81. The molecular formula is C20H18ClN3O5S2. The third kappa shape index (κ3) is 6.20. The molecule has 0 saturated carbocycles. The second-order valence-corrected chi connectivity index (χ2v) is 10.4. The lowest BCUT2D eigenvalue weighted by Crippen LogP contribution is -2.18. The van der Waals surface area contributed by atoms with Crippen molar-refractivity contribution in [1.29, 1.82) is 0 Å². The predicted octanol–water partition coefficient (Wildman–Crippen LogP) is 3.76. The molecule has 3 rings (SSSR count). The van der Waals surface area contributed by atoms with Crippen molar-refractivity contribution in [3.8, 4) is 0 Å². The van der Waals surface area contributed by atoms with Crippen LogP contribution in [0.2, 0.25) is 5.02 Å². The topological polar surface area (TPSA) is 121 Å². The summed E-state index contributed by atoms with van der Waals surface area (Å²) in [5.41, 5.74) is 0.744. The van der Waals surface area contributed by atoms with Crippen molar-refractivity contribution in [3.63, 3.8) is 0 Å². The van der Waals surface area contributed by atoms with Gasteiger partial charge in [0.15, 0.2) is 0 Å². The Morgan fingerprint density at radius 1 is 0.806 bits per heavy atom. The Hall–Kier alpha value is -3.08. The molecule has 11 heteroatoms. The van der Waals surface area contributed by atoms with E-state index in [0.29, 0.717) is 10.7 Å². The number of hydrogen-bond acceptors (Lipinski definition) is 5. The maximum absolute atomic E-state index is 12.7. The third-order valence-electron chi connectivity index (χ3n) is 3.97. The lowest BCUT2D eigenvalue weighted by Gasteiger charge is -2.12. The van der Waals surface area contributed by atoms with Crippen LogP contribution in [-0.2, 0) is 20.0 Å². The normalized spacial score (nSPS) is 11.5. The van der Waals surface area contributed by atoms with Crippen molar-refractivity contribution in [2.75, 3.05) is 21.0 Å². The van der Waals surface area contributed by atoms with E-state index in [9.17, 15) is 21.6 Å². The second-order valence-electron chi connectivity index (χ2n) is 6.51. The summed E-state index contributed by atoms with van der Waals surface area (Å²) in [4.78, 5) is 12.6. The quantitative estimate of drug-likeness (QED) is 0.476. The van der Waals surface area contributed by atoms with E-state index < -0.39 is 26.0 Å². The first-order valence-corrected chi connectivity index (χ1v) is 12.6. The van der Waals surface area contributed by atoms with Crippen molar-refractivity contribution in [1.82, 2.24) is 0 Å². The Morgan fingerprint density at radius 2 is 1.48 bits per heavy atom. The van der Waals surface area contributed by atoms with Crippen molar-refractivity contribution in [2.45, 2.75) is 4.90 Å². The molecule has 31 heavy (non-hydrogen) atoms. The van der Waals surface area contributed by atoms with E-state index in [4.69, 9.17) is 11.6 Å². The number of amides is 1. The van der Waals surface area contributed by atoms with Crippen LogP contribution in [0, 0.1) is 0 Å². The first-order valence-electron chi connectivity index (χ1n) is 8.80. The summed E-state index contributed by atoms with van der Waals surface area (Å²) in [6.07, 6.45) is 0.976. The molecule has 3 aromatic rings. The van der Waals surface area contributed by atoms with Crippen molar-refractivity contribution < 1.29 is 21.6 Å². The average molecular weight is 480 g/mol. The zero-order chi connectivity index (χ0) is 22.6. The van der Waals surface area contributed by atoms with Gasteiger partial charge in [0, 0.05) is 16.4 Å². The van der Waals surface area contributed by atoms with E-state index in [1.807, 2.05) is 0 Å². The fourth-order valence-corrected chi connectivity index (χ4v) is 4.45. The van der Waals surface area contributed by atoms with Crippen molar-refractivity contribution in [2.24, 2.45) is 0 Å². The molecule has 0 bridgehead atoms. The number of carbonyl (C=O) groups is 1. The monoisotopic (exact) mass is 479 g/mol. The van der Waals surface area contributed by atoms with E-state index in [-0.39, 0.29) is 21.8 Å². The van der Waals surface area contributed by atoms with Gasteiger partial charge in [-0.3, -0.25) is 14.2 Å². The van der Waals surface area contributed by atoms with Gasteiger partial charge in [0.2, 0.25) is 10.0 Å². The lowest BCUT2D eigenvalue weighted by molar-refractivity contribution is 0.102. The SMILES string of the molecule is CS(=O)(=O)Nc1ccccc1C(=O)Nc1cccc(S(=O)(=O)Nc2ccc(Cl)cc2)c1. The molecule has 0 spiro atoms. The molecule has 1 amide bonds. The maximum atomic E-state index is 12.7. The molecule has 0 aliphatic carbocycles. The minimum absolute atomic E-state index is 0.0669. The number of anilines is 3. The number of sulfonamides is 2. The van der Waals surface area contributed by atoms with E-state index in [0.717, 1.165) is 6.26 Å². The third-order valence-corrected chi connectivity index (χ3v) is 6.19. The molecule has 0 radical (unpaired) electrons. The molecule has 162 valence electrons. The van der Waals surface area contributed by atoms with Crippen molar-refractivity contribution >= 4 is 54.6 Å². The fraction of sp³-hybridized carbons (Fsp3) is 0.0500. The van der Waals surface area contributed by atoms with Gasteiger partial charge >= 0.3 is 0 Å². The Kier molecular flexibility index (Phi) is 6.54. The molecule has 0 aliphatic heterocycles. The van der Waals surface area contributed by atoms with Gasteiger partial charge in [0.1, 0.15) is 0 Å². The molecule has 0 saturated heterocycles. The van der Waals surface area contributed by atoms with Crippen LogP contribution in [0.25, 0.3) is 0 Å². The predicted molar refractivity (Wildman–Crippen MR) is 122 cm³/mol. The van der Waals surface area contributed by atoms with Crippen LogP contribution < -0.4 is 14.8 Å².